The molecule has 0 aliphatic heterocycles. The molecule has 0 saturated heterocycles. The van der Waals surface area contributed by atoms with E-state index in [4.69, 9.17) is 22.1 Å². The average Bonchev–Trinajstić information content (AvgIpc) is 3.35. The van der Waals surface area contributed by atoms with Gasteiger partial charge in [0.1, 0.15) is 6.54 Å². The topological polar surface area (TPSA) is 125 Å². The number of thioether (sulfide) groups is 1. The summed E-state index contributed by atoms with van der Waals surface area (Å²) in [7, 11) is 0. The van der Waals surface area contributed by atoms with Crippen molar-refractivity contribution in [2.24, 2.45) is 0 Å². The summed E-state index contributed by atoms with van der Waals surface area (Å²) in [4.78, 5) is 29.0. The average molecular weight is 503 g/mol. The largest absolute Gasteiger partial charge is 0.462 e. The van der Waals surface area contributed by atoms with Crippen LogP contribution in [0.25, 0.3) is 10.2 Å². The zero-order chi connectivity index (χ0) is 23.4. The SMILES string of the molecule is CCOC(=O)c1ccc2nc(NC(=O)Cn3c(N)nnc3SCc3ccccc3Cl)sc2c1. The molecule has 3 N–H and O–H groups in total. The van der Waals surface area contributed by atoms with Crippen molar-refractivity contribution in [3.63, 3.8) is 0 Å². The van der Waals surface area contributed by atoms with Gasteiger partial charge in [-0.1, -0.05) is 52.9 Å². The number of carbonyl (C=O) groups excluding carboxylic acids is 2. The molecule has 9 nitrogen and oxygen atoms in total. The minimum Gasteiger partial charge on any atom is -0.462 e. The molecule has 0 unspecified atom stereocenters. The number of hydrogen-bond donors (Lipinski definition) is 2. The van der Waals surface area contributed by atoms with Crippen LogP contribution >= 0.6 is 34.7 Å². The molecule has 0 aliphatic rings. The minimum atomic E-state index is -0.400. The summed E-state index contributed by atoms with van der Waals surface area (Å²) in [5.74, 6) is -0.0376. The molecule has 12 heteroatoms. The summed E-state index contributed by atoms with van der Waals surface area (Å²) in [6.45, 7) is 1.97. The van der Waals surface area contributed by atoms with Gasteiger partial charge in [-0.3, -0.25) is 9.36 Å². The zero-order valence-corrected chi connectivity index (χ0v) is 19.8. The van der Waals surface area contributed by atoms with Crippen LogP contribution < -0.4 is 11.1 Å². The van der Waals surface area contributed by atoms with Crippen LogP contribution in [0.1, 0.15) is 22.8 Å². The number of rotatable bonds is 8. The lowest BCUT2D eigenvalue weighted by Gasteiger charge is -2.08. The molecular formula is C21H19ClN6O3S2. The smallest absolute Gasteiger partial charge is 0.338 e. The summed E-state index contributed by atoms with van der Waals surface area (Å²) >= 11 is 8.86. The molecule has 0 radical (unpaired) electrons. The van der Waals surface area contributed by atoms with Crippen molar-refractivity contribution in [2.45, 2.75) is 24.4 Å². The van der Waals surface area contributed by atoms with Crippen molar-refractivity contribution in [3.8, 4) is 0 Å². The van der Waals surface area contributed by atoms with E-state index in [1.807, 2.05) is 24.3 Å². The third-order valence-electron chi connectivity index (χ3n) is 4.51. The number of halogens is 1. The van der Waals surface area contributed by atoms with Crippen LogP contribution in [0.4, 0.5) is 11.1 Å². The van der Waals surface area contributed by atoms with E-state index in [0.29, 0.717) is 38.8 Å². The molecular weight excluding hydrogens is 484 g/mol. The Bertz CT molecular complexity index is 1320. The van der Waals surface area contributed by atoms with E-state index >= 15 is 0 Å². The van der Waals surface area contributed by atoms with Gasteiger partial charge in [0, 0.05) is 10.8 Å². The molecule has 0 bridgehead atoms. The molecule has 4 rings (SSSR count). The van der Waals surface area contributed by atoms with Crippen LogP contribution in [0.3, 0.4) is 0 Å². The number of nitrogen functional groups attached to an aromatic ring is 1. The molecule has 2 aromatic heterocycles. The number of nitrogens with one attached hydrogen (secondary N) is 1. The zero-order valence-electron chi connectivity index (χ0n) is 17.4. The van der Waals surface area contributed by atoms with Crippen LogP contribution in [0.2, 0.25) is 5.02 Å². The van der Waals surface area contributed by atoms with Gasteiger partial charge < -0.3 is 15.8 Å². The van der Waals surface area contributed by atoms with Gasteiger partial charge in [-0.25, -0.2) is 9.78 Å². The molecule has 2 heterocycles. The number of nitrogens with zero attached hydrogens (tertiary/aromatic N) is 4. The van der Waals surface area contributed by atoms with Gasteiger partial charge >= 0.3 is 5.97 Å². The van der Waals surface area contributed by atoms with Crippen molar-refractivity contribution >= 4 is 67.9 Å². The normalized spacial score (nSPS) is 11.0. The molecule has 4 aromatic rings. The Kier molecular flexibility index (Phi) is 7.11. The van der Waals surface area contributed by atoms with Crippen LogP contribution in [-0.4, -0.2) is 38.2 Å². The molecule has 0 aliphatic carbocycles. The fourth-order valence-corrected chi connectivity index (χ4v) is 5.09. The van der Waals surface area contributed by atoms with Gasteiger partial charge in [-0.05, 0) is 36.8 Å². The number of anilines is 2. The lowest BCUT2D eigenvalue weighted by atomic mass is 10.2. The third kappa shape index (κ3) is 5.44. The van der Waals surface area contributed by atoms with E-state index in [1.54, 1.807) is 25.1 Å². The number of esters is 1. The quantitative estimate of drug-likeness (QED) is 0.271. The van der Waals surface area contributed by atoms with Crippen molar-refractivity contribution in [1.82, 2.24) is 19.7 Å². The number of benzene rings is 2. The van der Waals surface area contributed by atoms with Gasteiger partial charge in [-0.2, -0.15) is 0 Å². The number of amides is 1. The lowest BCUT2D eigenvalue weighted by molar-refractivity contribution is -0.116. The maximum atomic E-state index is 12.7. The van der Waals surface area contributed by atoms with Gasteiger partial charge in [-0.15, -0.1) is 10.2 Å². The Balaban J connectivity index is 1.43. The van der Waals surface area contributed by atoms with Crippen LogP contribution in [-0.2, 0) is 21.8 Å². The number of thiazole rings is 1. The van der Waals surface area contributed by atoms with Gasteiger partial charge in [0.05, 0.1) is 22.4 Å². The van der Waals surface area contributed by atoms with Crippen molar-refractivity contribution in [3.05, 3.63) is 58.6 Å². The monoisotopic (exact) mass is 502 g/mol. The third-order valence-corrected chi connectivity index (χ3v) is 6.83. The van der Waals surface area contributed by atoms with Gasteiger partial charge in [0.15, 0.2) is 10.3 Å². The van der Waals surface area contributed by atoms with Crippen molar-refractivity contribution in [1.29, 1.82) is 0 Å². The summed E-state index contributed by atoms with van der Waals surface area (Å²) in [6.07, 6.45) is 0. The van der Waals surface area contributed by atoms with E-state index in [1.165, 1.54) is 27.7 Å². The Morgan fingerprint density at radius 2 is 2.06 bits per heavy atom. The predicted molar refractivity (Wildman–Crippen MR) is 130 cm³/mol. The highest BCUT2D eigenvalue weighted by Crippen LogP contribution is 2.28. The van der Waals surface area contributed by atoms with Crippen LogP contribution in [0.5, 0.6) is 0 Å². The first-order valence-corrected chi connectivity index (χ1v) is 12.0. The molecule has 0 atom stereocenters. The maximum absolute atomic E-state index is 12.7. The van der Waals surface area contributed by atoms with Crippen molar-refractivity contribution in [2.75, 3.05) is 17.7 Å². The van der Waals surface area contributed by atoms with E-state index in [9.17, 15) is 9.59 Å². The first kappa shape index (κ1) is 23.0. The Labute approximate surface area is 202 Å². The number of nitrogens with two attached hydrogens (primary N) is 1. The Morgan fingerprint density at radius 1 is 1.24 bits per heavy atom. The highest BCUT2D eigenvalue weighted by atomic mass is 35.5. The number of ether oxygens (including phenoxy) is 1. The number of aromatic nitrogens is 4. The second-order valence-corrected chi connectivity index (χ2v) is 9.16. The number of carbonyl (C=O) groups is 2. The number of hydrogen-bond acceptors (Lipinski definition) is 9. The molecule has 0 spiro atoms. The second kappa shape index (κ2) is 10.2. The molecule has 0 saturated carbocycles. The van der Waals surface area contributed by atoms with E-state index in [-0.39, 0.29) is 18.4 Å². The second-order valence-electron chi connectivity index (χ2n) is 6.78. The maximum Gasteiger partial charge on any atom is 0.338 e. The molecule has 33 heavy (non-hydrogen) atoms. The fourth-order valence-electron chi connectivity index (χ4n) is 2.94. The highest BCUT2D eigenvalue weighted by Gasteiger charge is 2.16. The summed E-state index contributed by atoms with van der Waals surface area (Å²) in [5, 5.41) is 12.3. The first-order chi connectivity index (χ1) is 15.9. The first-order valence-electron chi connectivity index (χ1n) is 9.87. The predicted octanol–water partition coefficient (Wildman–Crippen LogP) is 4.23. The number of fused-ring (bicyclic) bond motifs is 1. The molecule has 2 aromatic carbocycles. The molecule has 170 valence electrons. The molecule has 0 fully saturated rings. The van der Waals surface area contributed by atoms with E-state index in [0.717, 1.165) is 10.3 Å². The van der Waals surface area contributed by atoms with Crippen LogP contribution in [0.15, 0.2) is 47.6 Å². The molecule has 1 amide bonds. The fraction of sp³-hybridized carbons (Fsp3) is 0.190. The summed E-state index contributed by atoms with van der Waals surface area (Å²) in [5.41, 5.74) is 7.97. The lowest BCUT2D eigenvalue weighted by Crippen LogP contribution is -2.20. The summed E-state index contributed by atoms with van der Waals surface area (Å²) in [6, 6.07) is 12.6. The van der Waals surface area contributed by atoms with Crippen LogP contribution in [0, 0.1) is 0 Å². The van der Waals surface area contributed by atoms with Gasteiger partial charge in [0.25, 0.3) is 0 Å². The Morgan fingerprint density at radius 3 is 2.85 bits per heavy atom. The minimum absolute atomic E-state index is 0.0757. The summed E-state index contributed by atoms with van der Waals surface area (Å²) < 4.78 is 7.31. The Hall–Kier alpha value is -3.15. The van der Waals surface area contributed by atoms with E-state index < -0.39 is 5.97 Å². The van der Waals surface area contributed by atoms with Gasteiger partial charge in [0.2, 0.25) is 11.9 Å². The van der Waals surface area contributed by atoms with E-state index in [2.05, 4.69) is 20.5 Å². The highest BCUT2D eigenvalue weighted by molar-refractivity contribution is 7.98. The standard InChI is InChI=1S/C21H19ClN6O3S2/c1-2-31-18(30)12-7-8-15-16(9-12)33-20(24-15)25-17(29)10-28-19(23)26-27-21(28)32-11-13-5-3-4-6-14(13)22/h3-9H,2,10-11H2,1H3,(H2,23,26)(H,24,25,29). The van der Waals surface area contributed by atoms with Crippen molar-refractivity contribution < 1.29 is 14.3 Å².